The Morgan fingerprint density at radius 1 is 1.09 bits per heavy atom. The van der Waals surface area contributed by atoms with Gasteiger partial charge in [-0.25, -0.2) is 8.78 Å². The van der Waals surface area contributed by atoms with Crippen molar-refractivity contribution in [1.82, 2.24) is 0 Å². The van der Waals surface area contributed by atoms with Crippen LogP contribution in [0.25, 0.3) is 0 Å². The highest BCUT2D eigenvalue weighted by Gasteiger charge is 2.52. The number of alkyl halides is 2. The first-order valence-electron chi connectivity index (χ1n) is 10.8. The first-order chi connectivity index (χ1) is 15.6. The molecule has 0 aliphatic carbocycles. The summed E-state index contributed by atoms with van der Waals surface area (Å²) in [6.07, 6.45) is -3.11. The molecule has 0 N–H and O–H groups in total. The predicted molar refractivity (Wildman–Crippen MR) is 119 cm³/mol. The molecule has 3 rings (SSSR count). The fraction of sp³-hybridized carbons (Fsp3) is 0.440. The molecule has 0 spiro atoms. The lowest BCUT2D eigenvalue weighted by Crippen LogP contribution is -2.51. The van der Waals surface area contributed by atoms with Gasteiger partial charge in [0.1, 0.15) is 18.8 Å². The molecule has 0 radical (unpaired) electrons. The second-order valence-electron chi connectivity index (χ2n) is 8.16. The molecule has 33 heavy (non-hydrogen) atoms. The monoisotopic (exact) mass is 480 g/mol. The Morgan fingerprint density at radius 2 is 1.76 bits per heavy atom. The van der Waals surface area contributed by atoms with Crippen LogP contribution in [0.1, 0.15) is 55.5 Å². The third-order valence-electron chi connectivity index (χ3n) is 5.57. The maximum Gasteiger partial charge on any atom is 0.303 e. The smallest absolute Gasteiger partial charge is 0.303 e. The zero-order valence-corrected chi connectivity index (χ0v) is 19.5. The van der Waals surface area contributed by atoms with E-state index < -0.39 is 49.2 Å². The first kappa shape index (κ1) is 25.1. The fourth-order valence-corrected chi connectivity index (χ4v) is 4.04. The van der Waals surface area contributed by atoms with Crippen LogP contribution in [0.4, 0.5) is 8.78 Å². The van der Waals surface area contributed by atoms with Gasteiger partial charge in [-0.1, -0.05) is 54.9 Å². The van der Waals surface area contributed by atoms with Crippen molar-refractivity contribution in [1.29, 1.82) is 0 Å². The zero-order valence-electron chi connectivity index (χ0n) is 18.8. The predicted octanol–water partition coefficient (Wildman–Crippen LogP) is 5.45. The van der Waals surface area contributed by atoms with Gasteiger partial charge < -0.3 is 14.2 Å². The van der Waals surface area contributed by atoms with Gasteiger partial charge in [0.2, 0.25) is 0 Å². The summed E-state index contributed by atoms with van der Waals surface area (Å²) < 4.78 is 45.0. The van der Waals surface area contributed by atoms with Gasteiger partial charge in [-0.05, 0) is 41.2 Å². The van der Waals surface area contributed by atoms with Crippen molar-refractivity contribution in [2.45, 2.75) is 64.3 Å². The van der Waals surface area contributed by atoms with Gasteiger partial charge in [-0.15, -0.1) is 0 Å². The van der Waals surface area contributed by atoms with Crippen LogP contribution in [0.3, 0.4) is 0 Å². The fourth-order valence-electron chi connectivity index (χ4n) is 3.85. The van der Waals surface area contributed by atoms with Gasteiger partial charge in [0.05, 0.1) is 6.42 Å². The summed E-state index contributed by atoms with van der Waals surface area (Å²) in [4.78, 5) is 22.7. The summed E-state index contributed by atoms with van der Waals surface area (Å²) in [6.45, 7) is 3.78. The van der Waals surface area contributed by atoms with Crippen molar-refractivity contribution in [2.24, 2.45) is 0 Å². The van der Waals surface area contributed by atoms with E-state index in [2.05, 4.69) is 19.1 Å². The summed E-state index contributed by atoms with van der Waals surface area (Å²) in [5, 5.41) is 0.528. The average Bonchev–Trinajstić information content (AvgIpc) is 2.74. The molecule has 3 atom stereocenters. The van der Waals surface area contributed by atoms with Gasteiger partial charge in [0, 0.05) is 18.9 Å². The third kappa shape index (κ3) is 6.51. The minimum absolute atomic E-state index is 0.528. The van der Waals surface area contributed by atoms with Gasteiger partial charge >= 0.3 is 11.9 Å². The highest BCUT2D eigenvalue weighted by molar-refractivity contribution is 6.31. The van der Waals surface area contributed by atoms with E-state index in [1.807, 2.05) is 12.1 Å². The Balaban J connectivity index is 1.90. The Hall–Kier alpha value is -2.51. The number of hydrogen-bond acceptors (Lipinski definition) is 5. The Morgan fingerprint density at radius 3 is 2.36 bits per heavy atom. The van der Waals surface area contributed by atoms with Crippen LogP contribution in [0.15, 0.2) is 42.5 Å². The number of hydrogen-bond donors (Lipinski definition) is 0. The molecule has 1 aliphatic heterocycles. The average molecular weight is 481 g/mol. The number of halogens is 3. The van der Waals surface area contributed by atoms with Crippen LogP contribution in [0.2, 0.25) is 5.02 Å². The van der Waals surface area contributed by atoms with Gasteiger partial charge in [-0.2, -0.15) is 0 Å². The van der Waals surface area contributed by atoms with Crippen LogP contribution in [0.5, 0.6) is 0 Å². The number of carbonyl (C=O) groups is 2. The molecular formula is C25H27ClF2O5. The molecule has 8 heteroatoms. The van der Waals surface area contributed by atoms with Crippen molar-refractivity contribution in [3.8, 4) is 0 Å². The molecule has 2 aromatic rings. The van der Waals surface area contributed by atoms with E-state index in [9.17, 15) is 18.4 Å². The van der Waals surface area contributed by atoms with E-state index in [1.165, 1.54) is 5.56 Å². The topological polar surface area (TPSA) is 61.8 Å². The number of ether oxygens (including phenoxy) is 3. The largest absolute Gasteiger partial charge is 0.463 e. The Labute approximate surface area is 197 Å². The maximum atomic E-state index is 14.7. The van der Waals surface area contributed by atoms with Crippen LogP contribution >= 0.6 is 11.6 Å². The van der Waals surface area contributed by atoms with E-state index in [0.717, 1.165) is 31.4 Å². The summed E-state index contributed by atoms with van der Waals surface area (Å²) >= 11 is 6.42. The lowest BCUT2D eigenvalue weighted by atomic mass is 9.91. The second kappa shape index (κ2) is 10.6. The van der Waals surface area contributed by atoms with Crippen LogP contribution in [0, 0.1) is 0 Å². The summed E-state index contributed by atoms with van der Waals surface area (Å²) in [5.41, 5.74) is 3.61. The molecule has 3 unspecified atom stereocenters. The van der Waals surface area contributed by atoms with Crippen molar-refractivity contribution in [3.63, 3.8) is 0 Å². The minimum Gasteiger partial charge on any atom is -0.463 e. The van der Waals surface area contributed by atoms with E-state index in [1.54, 1.807) is 18.2 Å². The number of carbonyl (C=O) groups excluding carboxylic acids is 2. The quantitative estimate of drug-likeness (QED) is 0.493. The number of aryl methyl sites for hydroxylation is 1. The van der Waals surface area contributed by atoms with Crippen molar-refractivity contribution in [2.75, 3.05) is 6.61 Å². The van der Waals surface area contributed by atoms with Crippen molar-refractivity contribution < 1.29 is 32.6 Å². The molecule has 178 valence electrons. The third-order valence-corrected chi connectivity index (χ3v) is 5.94. The Bertz CT molecular complexity index is 993. The van der Waals surface area contributed by atoms with E-state index >= 15 is 0 Å². The molecule has 1 fully saturated rings. The standard InChI is InChI=1S/C25H27ClF2O5/c1-4-17-5-7-18(8-6-17)11-20-12-19(9-10-21(20)26)24-22(32-16(3)30)13-25(27,28)23(33-24)14-31-15(2)29/h5-10,12,22-24H,4,11,13-14H2,1-3H3. The molecular weight excluding hydrogens is 454 g/mol. The lowest BCUT2D eigenvalue weighted by molar-refractivity contribution is -0.253. The molecule has 0 amide bonds. The molecule has 1 saturated heterocycles. The summed E-state index contributed by atoms with van der Waals surface area (Å²) in [5.74, 6) is -4.72. The highest BCUT2D eigenvalue weighted by Crippen LogP contribution is 2.42. The minimum atomic E-state index is -3.34. The Kier molecular flexibility index (Phi) is 8.08. The van der Waals surface area contributed by atoms with Crippen molar-refractivity contribution >= 4 is 23.5 Å². The second-order valence-corrected chi connectivity index (χ2v) is 8.57. The van der Waals surface area contributed by atoms with E-state index in [4.69, 9.17) is 25.8 Å². The van der Waals surface area contributed by atoms with E-state index in [-0.39, 0.29) is 0 Å². The molecule has 1 aliphatic rings. The molecule has 0 aromatic heterocycles. The first-order valence-corrected chi connectivity index (χ1v) is 11.2. The van der Waals surface area contributed by atoms with Crippen LogP contribution in [-0.4, -0.2) is 36.7 Å². The number of esters is 2. The molecule has 0 saturated carbocycles. The molecule has 2 aromatic carbocycles. The van der Waals surface area contributed by atoms with Gasteiger partial charge in [0.25, 0.3) is 5.92 Å². The molecule has 5 nitrogen and oxygen atoms in total. The van der Waals surface area contributed by atoms with Crippen LogP contribution in [-0.2, 0) is 36.6 Å². The summed E-state index contributed by atoms with van der Waals surface area (Å²) in [7, 11) is 0. The van der Waals surface area contributed by atoms with Crippen LogP contribution < -0.4 is 0 Å². The normalized spacial score (nSPS) is 21.9. The number of rotatable bonds is 7. The van der Waals surface area contributed by atoms with Crippen molar-refractivity contribution in [3.05, 3.63) is 69.7 Å². The molecule has 1 heterocycles. The SMILES string of the molecule is CCc1ccc(Cc2cc(C3OC(COC(C)=O)C(F)(F)CC3OC(C)=O)ccc2Cl)cc1. The molecule has 0 bridgehead atoms. The maximum absolute atomic E-state index is 14.7. The van der Waals surface area contributed by atoms with Gasteiger partial charge in [-0.3, -0.25) is 9.59 Å². The van der Waals surface area contributed by atoms with Gasteiger partial charge in [0.15, 0.2) is 6.10 Å². The van der Waals surface area contributed by atoms with E-state index in [0.29, 0.717) is 17.0 Å². The summed E-state index contributed by atoms with van der Waals surface area (Å²) in [6, 6.07) is 13.3. The highest BCUT2D eigenvalue weighted by atomic mass is 35.5. The number of benzene rings is 2. The lowest BCUT2D eigenvalue weighted by Gasteiger charge is -2.40. The zero-order chi connectivity index (χ0) is 24.2.